The minimum atomic E-state index is -0.465. The number of nitrogens with one attached hydrogen (secondary N) is 2. The summed E-state index contributed by atoms with van der Waals surface area (Å²) in [6.45, 7) is 2.18. The maximum absolute atomic E-state index is 12.2. The minimum absolute atomic E-state index is 0.0139. The smallest absolute Gasteiger partial charge is 0.314 e. The van der Waals surface area contributed by atoms with Gasteiger partial charge in [-0.15, -0.1) is 0 Å². The van der Waals surface area contributed by atoms with E-state index in [-0.39, 0.29) is 24.1 Å². The molecule has 3 aliphatic rings. The van der Waals surface area contributed by atoms with Gasteiger partial charge in [0.2, 0.25) is 0 Å². The molecule has 0 unspecified atom stereocenters. The largest absolute Gasteiger partial charge is 0.345 e. The van der Waals surface area contributed by atoms with Gasteiger partial charge in [-0.2, -0.15) is 5.06 Å². The molecule has 112 valence electrons. The molecule has 2 bridgehead atoms. The zero-order valence-corrected chi connectivity index (χ0v) is 11.5. The van der Waals surface area contributed by atoms with E-state index >= 15 is 0 Å². The molecule has 20 heavy (non-hydrogen) atoms. The molecular formula is C12H20N4O4. The Hall–Kier alpha value is -1.38. The van der Waals surface area contributed by atoms with Crippen LogP contribution in [0.5, 0.6) is 0 Å². The SMILES string of the molecule is CON1C(=O)N2C[C@H]1CC[C@H]2C(=O)NO[C@H]1CCNC1. The lowest BCUT2D eigenvalue weighted by Gasteiger charge is -2.29. The number of carbonyl (C=O) groups is 2. The fraction of sp³-hybridized carbons (Fsp3) is 0.833. The summed E-state index contributed by atoms with van der Waals surface area (Å²) in [5.41, 5.74) is 2.50. The van der Waals surface area contributed by atoms with Crippen molar-refractivity contribution in [1.82, 2.24) is 20.8 Å². The summed E-state index contributed by atoms with van der Waals surface area (Å²) in [5, 5.41) is 4.51. The summed E-state index contributed by atoms with van der Waals surface area (Å²) >= 11 is 0. The average molecular weight is 284 g/mol. The number of urea groups is 1. The third-order valence-corrected chi connectivity index (χ3v) is 4.16. The van der Waals surface area contributed by atoms with Crippen molar-refractivity contribution < 1.29 is 19.3 Å². The molecule has 3 saturated heterocycles. The zero-order valence-electron chi connectivity index (χ0n) is 11.5. The van der Waals surface area contributed by atoms with E-state index < -0.39 is 6.04 Å². The Morgan fingerprint density at radius 1 is 1.40 bits per heavy atom. The van der Waals surface area contributed by atoms with Gasteiger partial charge in [0.15, 0.2) is 0 Å². The summed E-state index contributed by atoms with van der Waals surface area (Å²) in [6.07, 6.45) is 2.29. The van der Waals surface area contributed by atoms with Gasteiger partial charge >= 0.3 is 6.03 Å². The molecule has 3 amide bonds. The Morgan fingerprint density at radius 3 is 2.95 bits per heavy atom. The zero-order chi connectivity index (χ0) is 14.1. The second-order valence-electron chi connectivity index (χ2n) is 5.39. The van der Waals surface area contributed by atoms with Gasteiger partial charge in [0, 0.05) is 13.1 Å². The number of fused-ring (bicyclic) bond motifs is 2. The highest BCUT2D eigenvalue weighted by Gasteiger charge is 2.47. The Bertz CT molecular complexity index is 399. The average Bonchev–Trinajstić information content (AvgIpc) is 3.05. The van der Waals surface area contributed by atoms with Crippen LogP contribution in [0.4, 0.5) is 4.79 Å². The van der Waals surface area contributed by atoms with Crippen molar-refractivity contribution in [3.8, 4) is 0 Å². The van der Waals surface area contributed by atoms with Crippen molar-refractivity contribution in [2.24, 2.45) is 0 Å². The Morgan fingerprint density at radius 2 is 2.25 bits per heavy atom. The predicted octanol–water partition coefficient (Wildman–Crippen LogP) is -0.774. The van der Waals surface area contributed by atoms with Gasteiger partial charge in [0.1, 0.15) is 6.04 Å². The van der Waals surface area contributed by atoms with Gasteiger partial charge in [-0.25, -0.2) is 10.3 Å². The first-order valence-electron chi connectivity index (χ1n) is 7.01. The van der Waals surface area contributed by atoms with Gasteiger partial charge in [0.05, 0.1) is 19.3 Å². The number of piperidine rings is 1. The maximum Gasteiger partial charge on any atom is 0.345 e. The first kappa shape index (κ1) is 13.6. The molecule has 3 atom stereocenters. The summed E-state index contributed by atoms with van der Waals surface area (Å²) in [6, 6.07) is -0.651. The van der Waals surface area contributed by atoms with E-state index in [9.17, 15) is 9.59 Å². The second kappa shape index (κ2) is 5.55. The molecular weight excluding hydrogens is 264 g/mol. The third kappa shape index (κ3) is 2.34. The number of carbonyl (C=O) groups excluding carboxylic acids is 2. The van der Waals surface area contributed by atoms with Crippen LogP contribution in [0.3, 0.4) is 0 Å². The van der Waals surface area contributed by atoms with Crippen LogP contribution >= 0.6 is 0 Å². The minimum Gasteiger partial charge on any atom is -0.314 e. The lowest BCUT2D eigenvalue weighted by atomic mass is 10.0. The molecule has 2 N–H and O–H groups in total. The first-order valence-corrected chi connectivity index (χ1v) is 7.01. The molecule has 0 aliphatic carbocycles. The number of hydrogen-bond acceptors (Lipinski definition) is 5. The molecule has 3 rings (SSSR count). The Balaban J connectivity index is 1.57. The molecule has 0 aromatic carbocycles. The van der Waals surface area contributed by atoms with Crippen LogP contribution in [-0.4, -0.2) is 66.8 Å². The number of amides is 3. The topological polar surface area (TPSA) is 83.1 Å². The lowest BCUT2D eigenvalue weighted by molar-refractivity contribution is -0.142. The van der Waals surface area contributed by atoms with E-state index in [1.165, 1.54) is 12.2 Å². The summed E-state index contributed by atoms with van der Waals surface area (Å²) in [4.78, 5) is 36.3. The fourth-order valence-electron chi connectivity index (χ4n) is 3.08. The van der Waals surface area contributed by atoms with E-state index in [1.807, 2.05) is 0 Å². The maximum atomic E-state index is 12.2. The second-order valence-corrected chi connectivity index (χ2v) is 5.39. The van der Waals surface area contributed by atoms with Crippen LogP contribution in [0.2, 0.25) is 0 Å². The number of hydroxylamine groups is 3. The molecule has 0 aromatic rings. The van der Waals surface area contributed by atoms with Crippen LogP contribution in [0.1, 0.15) is 19.3 Å². The van der Waals surface area contributed by atoms with Crippen molar-refractivity contribution in [3.63, 3.8) is 0 Å². The standard InChI is InChI=1S/C12H20N4O4/c1-19-16-8-2-3-10(15(7-8)12(16)18)11(17)14-20-9-4-5-13-6-9/h8-10,13H,2-7H2,1H3,(H,14,17)/t8-,9+,10+/m1/s1. The van der Waals surface area contributed by atoms with Gasteiger partial charge in [0.25, 0.3) is 5.91 Å². The molecule has 0 radical (unpaired) electrons. The van der Waals surface area contributed by atoms with Gasteiger partial charge < -0.3 is 10.2 Å². The quantitative estimate of drug-likeness (QED) is 0.662. The number of nitrogens with zero attached hydrogens (tertiary/aromatic N) is 2. The van der Waals surface area contributed by atoms with Crippen molar-refractivity contribution in [3.05, 3.63) is 0 Å². The highest BCUT2D eigenvalue weighted by atomic mass is 16.7. The molecule has 3 heterocycles. The van der Waals surface area contributed by atoms with Gasteiger partial charge in [-0.05, 0) is 25.8 Å². The molecule has 8 nitrogen and oxygen atoms in total. The Labute approximate surface area is 117 Å². The molecule has 0 spiro atoms. The summed E-state index contributed by atoms with van der Waals surface area (Å²) < 4.78 is 0. The molecule has 8 heteroatoms. The van der Waals surface area contributed by atoms with Crippen molar-refractivity contribution >= 4 is 11.9 Å². The Kier molecular flexibility index (Phi) is 3.77. The van der Waals surface area contributed by atoms with Gasteiger partial charge in [-0.3, -0.25) is 14.5 Å². The van der Waals surface area contributed by atoms with Crippen LogP contribution in [0.25, 0.3) is 0 Å². The van der Waals surface area contributed by atoms with Crippen molar-refractivity contribution in [1.29, 1.82) is 0 Å². The van der Waals surface area contributed by atoms with E-state index in [4.69, 9.17) is 9.68 Å². The fourth-order valence-corrected chi connectivity index (χ4v) is 3.08. The first-order chi connectivity index (χ1) is 9.70. The van der Waals surface area contributed by atoms with E-state index in [0.29, 0.717) is 13.0 Å². The number of hydrogen-bond donors (Lipinski definition) is 2. The molecule has 3 fully saturated rings. The van der Waals surface area contributed by atoms with Crippen molar-refractivity contribution in [2.75, 3.05) is 26.7 Å². The molecule has 0 aromatic heterocycles. The van der Waals surface area contributed by atoms with E-state index in [1.54, 1.807) is 4.90 Å². The van der Waals surface area contributed by atoms with Crippen LogP contribution in [-0.2, 0) is 14.5 Å². The predicted molar refractivity (Wildman–Crippen MR) is 68.3 cm³/mol. The van der Waals surface area contributed by atoms with Crippen LogP contribution in [0.15, 0.2) is 0 Å². The van der Waals surface area contributed by atoms with Crippen molar-refractivity contribution in [2.45, 2.75) is 37.5 Å². The lowest BCUT2D eigenvalue weighted by Crippen LogP contribution is -2.50. The van der Waals surface area contributed by atoms with Crippen LogP contribution < -0.4 is 10.8 Å². The molecule has 3 aliphatic heterocycles. The third-order valence-electron chi connectivity index (χ3n) is 4.16. The summed E-state index contributed by atoms with van der Waals surface area (Å²) in [7, 11) is 1.48. The van der Waals surface area contributed by atoms with Crippen LogP contribution in [0, 0.1) is 0 Å². The van der Waals surface area contributed by atoms with Gasteiger partial charge in [-0.1, -0.05) is 0 Å². The monoisotopic (exact) mass is 284 g/mol. The van der Waals surface area contributed by atoms with E-state index in [0.717, 1.165) is 25.9 Å². The molecule has 0 saturated carbocycles. The highest BCUT2D eigenvalue weighted by Crippen LogP contribution is 2.29. The van der Waals surface area contributed by atoms with E-state index in [2.05, 4.69) is 10.8 Å². The highest BCUT2D eigenvalue weighted by molar-refractivity contribution is 5.87. The normalized spacial score (nSPS) is 32.9. The summed E-state index contributed by atoms with van der Waals surface area (Å²) in [5.74, 6) is -0.248. The number of rotatable bonds is 4.